The van der Waals surface area contributed by atoms with Crippen molar-refractivity contribution in [1.82, 2.24) is 14.9 Å². The van der Waals surface area contributed by atoms with Gasteiger partial charge < -0.3 is 19.7 Å². The van der Waals surface area contributed by atoms with E-state index in [1.54, 1.807) is 42.3 Å². The third kappa shape index (κ3) is 6.25. The largest absolute Gasteiger partial charge is 0.494 e. The summed E-state index contributed by atoms with van der Waals surface area (Å²) in [5.41, 5.74) is 3.40. The molecular formula is C29H31N5O6S. The van der Waals surface area contributed by atoms with Crippen molar-refractivity contribution in [3.05, 3.63) is 83.6 Å². The fraction of sp³-hybridized carbons (Fsp3) is 0.241. The van der Waals surface area contributed by atoms with Gasteiger partial charge in [0.05, 0.1) is 42.1 Å². The van der Waals surface area contributed by atoms with E-state index in [0.717, 1.165) is 5.56 Å². The van der Waals surface area contributed by atoms with Gasteiger partial charge in [-0.05, 0) is 36.4 Å². The summed E-state index contributed by atoms with van der Waals surface area (Å²) in [5.74, 6) is -0.258. The molecule has 2 aromatic heterocycles. The number of benzene rings is 2. The summed E-state index contributed by atoms with van der Waals surface area (Å²) < 4.78 is 24.4. The first-order chi connectivity index (χ1) is 19.6. The summed E-state index contributed by atoms with van der Waals surface area (Å²) in [6.07, 6.45) is 0. The highest BCUT2D eigenvalue weighted by Gasteiger charge is 2.25. The second kappa shape index (κ2) is 11.7. The number of nitrogens with one attached hydrogen (secondary N) is 1. The first-order valence-corrected chi connectivity index (χ1v) is 14.8. The molecular weight excluding hydrogens is 546 g/mol. The Balaban J connectivity index is 1.42. The first kappa shape index (κ1) is 28.3. The number of aliphatic imine (C=N–C) groups is 1. The van der Waals surface area contributed by atoms with E-state index in [-0.39, 0.29) is 35.5 Å². The van der Waals surface area contributed by atoms with Crippen LogP contribution in [-0.4, -0.2) is 92.0 Å². The van der Waals surface area contributed by atoms with Crippen LogP contribution in [0.4, 0.5) is 11.4 Å². The summed E-state index contributed by atoms with van der Waals surface area (Å²) in [6.45, 7) is 1.13. The van der Waals surface area contributed by atoms with E-state index in [1.165, 1.54) is 13.2 Å². The average Bonchev–Trinajstić information content (AvgIpc) is 3.31. The van der Waals surface area contributed by atoms with E-state index < -0.39 is 16.6 Å². The van der Waals surface area contributed by atoms with Gasteiger partial charge in [-0.25, -0.2) is 14.8 Å². The Labute approximate surface area is 238 Å². The summed E-state index contributed by atoms with van der Waals surface area (Å²) in [7, 11) is 0.462. The number of pyridine rings is 1. The van der Waals surface area contributed by atoms with Crippen molar-refractivity contribution < 1.29 is 28.5 Å². The van der Waals surface area contributed by atoms with E-state index in [9.17, 15) is 23.8 Å². The third-order valence-electron chi connectivity index (χ3n) is 7.00. The number of rotatable bonds is 7. The van der Waals surface area contributed by atoms with Crippen molar-refractivity contribution in [2.24, 2.45) is 4.99 Å². The highest BCUT2D eigenvalue weighted by molar-refractivity contribution is 8.24. The van der Waals surface area contributed by atoms with Crippen LogP contribution in [0.15, 0.2) is 71.7 Å². The molecule has 0 bridgehead atoms. The number of hydrogen-bond acceptors (Lipinski definition) is 9. The Bertz CT molecular complexity index is 1590. The molecule has 4 N–H and O–H groups in total. The number of fused-ring (bicyclic) bond motifs is 1. The molecule has 41 heavy (non-hydrogen) atoms. The number of aromatic hydroxyl groups is 1. The standard InChI is InChI=1S/C29H31N5O6S/c1-33(24(35)18-34-14-16-41(38,39)17-15-34)21-10-8-20(9-11-21)30-26(19-6-4-3-5-7-19)25-22-12-13-23(29(37)40-2)31-27(22)32-28(25)36/h3-13,36,38-39H,14-18H2,1-2H3,(H,31,32). The van der Waals surface area contributed by atoms with E-state index in [4.69, 9.17) is 9.73 Å². The molecule has 0 saturated carbocycles. The van der Waals surface area contributed by atoms with Crippen molar-refractivity contribution in [2.45, 2.75) is 0 Å². The minimum atomic E-state index is -2.52. The maximum atomic E-state index is 12.9. The molecule has 3 heterocycles. The van der Waals surface area contributed by atoms with Gasteiger partial charge >= 0.3 is 5.97 Å². The normalized spacial score (nSPS) is 16.3. The lowest BCUT2D eigenvalue weighted by atomic mass is 10.0. The topological polar surface area (TPSA) is 152 Å². The second-order valence-corrected chi connectivity index (χ2v) is 12.1. The van der Waals surface area contributed by atoms with E-state index >= 15 is 0 Å². The number of likely N-dealkylation sites (N-methyl/N-ethyl adjacent to an activating group) is 1. The van der Waals surface area contributed by atoms with Gasteiger partial charge in [-0.15, -0.1) is 0 Å². The number of amides is 1. The number of esters is 1. The van der Waals surface area contributed by atoms with Crippen molar-refractivity contribution in [2.75, 3.05) is 50.2 Å². The molecule has 2 aromatic carbocycles. The molecule has 1 amide bonds. The van der Waals surface area contributed by atoms with Crippen molar-refractivity contribution in [3.8, 4) is 5.88 Å². The molecule has 0 spiro atoms. The van der Waals surface area contributed by atoms with Crippen molar-refractivity contribution in [3.63, 3.8) is 0 Å². The Kier molecular flexibility index (Phi) is 8.08. The van der Waals surface area contributed by atoms with Gasteiger partial charge in [-0.1, -0.05) is 30.3 Å². The smallest absolute Gasteiger partial charge is 0.356 e. The minimum Gasteiger partial charge on any atom is -0.494 e. The third-order valence-corrected chi connectivity index (χ3v) is 8.67. The molecule has 0 aliphatic carbocycles. The summed E-state index contributed by atoms with van der Waals surface area (Å²) >= 11 is 0. The van der Waals surface area contributed by atoms with Gasteiger partial charge in [0.25, 0.3) is 0 Å². The van der Waals surface area contributed by atoms with Crippen molar-refractivity contribution >= 4 is 50.6 Å². The molecule has 11 nitrogen and oxygen atoms in total. The Morgan fingerprint density at radius 2 is 1.73 bits per heavy atom. The van der Waals surface area contributed by atoms with Crippen LogP contribution in [0.25, 0.3) is 11.0 Å². The molecule has 5 rings (SSSR count). The molecule has 0 atom stereocenters. The number of nitrogens with zero attached hydrogens (tertiary/aromatic N) is 4. The average molecular weight is 578 g/mol. The molecule has 0 unspecified atom stereocenters. The molecule has 4 aromatic rings. The van der Waals surface area contributed by atoms with Crippen LogP contribution in [-0.2, 0) is 9.53 Å². The van der Waals surface area contributed by atoms with Crippen LogP contribution in [0.5, 0.6) is 5.88 Å². The zero-order chi connectivity index (χ0) is 29.1. The van der Waals surface area contributed by atoms with Gasteiger partial charge in [0.15, 0.2) is 11.6 Å². The second-order valence-electron chi connectivity index (χ2n) is 9.72. The highest BCUT2D eigenvalue weighted by atomic mass is 32.3. The van der Waals surface area contributed by atoms with Gasteiger partial charge in [-0.3, -0.25) is 18.8 Å². The van der Waals surface area contributed by atoms with E-state index in [2.05, 4.69) is 9.97 Å². The predicted molar refractivity (Wildman–Crippen MR) is 160 cm³/mol. The number of carbonyl (C=O) groups is 2. The van der Waals surface area contributed by atoms with Crippen LogP contribution in [0, 0.1) is 0 Å². The van der Waals surface area contributed by atoms with E-state index in [1.807, 2.05) is 35.2 Å². The Morgan fingerprint density at radius 3 is 2.39 bits per heavy atom. The number of ether oxygens (including phenoxy) is 1. The number of carbonyl (C=O) groups excluding carboxylic acids is 2. The number of hydrogen-bond donors (Lipinski definition) is 4. The lowest BCUT2D eigenvalue weighted by Crippen LogP contribution is -2.44. The Hall–Kier alpha value is -4.23. The van der Waals surface area contributed by atoms with Crippen molar-refractivity contribution in [1.29, 1.82) is 0 Å². The van der Waals surface area contributed by atoms with Gasteiger partial charge in [0, 0.05) is 36.8 Å². The van der Waals surface area contributed by atoms with Gasteiger partial charge in [0.2, 0.25) is 5.91 Å². The number of methoxy groups -OCH3 is 1. The van der Waals surface area contributed by atoms with Gasteiger partial charge in [-0.2, -0.15) is 10.6 Å². The van der Waals surface area contributed by atoms with Crippen LogP contribution < -0.4 is 4.90 Å². The maximum Gasteiger partial charge on any atom is 0.356 e. The lowest BCUT2D eigenvalue weighted by molar-refractivity contribution is -0.119. The zero-order valence-corrected chi connectivity index (χ0v) is 23.5. The maximum absolute atomic E-state index is 12.9. The Morgan fingerprint density at radius 1 is 1.05 bits per heavy atom. The molecule has 0 radical (unpaired) electrons. The van der Waals surface area contributed by atoms with Crippen LogP contribution >= 0.6 is 10.6 Å². The molecule has 1 aliphatic heterocycles. The van der Waals surface area contributed by atoms with Gasteiger partial charge in [0.1, 0.15) is 5.65 Å². The monoisotopic (exact) mass is 577 g/mol. The number of aromatic nitrogens is 2. The fourth-order valence-electron chi connectivity index (χ4n) is 4.62. The van der Waals surface area contributed by atoms with Crippen LogP contribution in [0.2, 0.25) is 0 Å². The summed E-state index contributed by atoms with van der Waals surface area (Å²) in [4.78, 5) is 40.3. The summed E-state index contributed by atoms with van der Waals surface area (Å²) in [6, 6.07) is 19.8. The summed E-state index contributed by atoms with van der Waals surface area (Å²) in [5, 5.41) is 11.5. The quantitative estimate of drug-likeness (QED) is 0.188. The molecule has 1 fully saturated rings. The van der Waals surface area contributed by atoms with E-state index in [0.29, 0.717) is 46.8 Å². The SMILES string of the molecule is COC(=O)c1ccc2c(C(=Nc3ccc(N(C)C(=O)CN4CCS(O)(O)CC4)cc3)c3ccccc3)c(O)[nH]c2n1. The highest BCUT2D eigenvalue weighted by Crippen LogP contribution is 2.40. The first-order valence-electron chi connectivity index (χ1n) is 12.9. The van der Waals surface area contributed by atoms with Crippen LogP contribution in [0.3, 0.4) is 0 Å². The lowest BCUT2D eigenvalue weighted by Gasteiger charge is -2.40. The number of anilines is 1. The number of H-pyrrole nitrogens is 1. The fourth-order valence-corrected chi connectivity index (χ4v) is 5.93. The molecule has 1 saturated heterocycles. The molecule has 1 aliphatic rings. The minimum absolute atomic E-state index is 0.104. The van der Waals surface area contributed by atoms with Crippen LogP contribution in [0.1, 0.15) is 21.6 Å². The predicted octanol–water partition coefficient (Wildman–Crippen LogP) is 4.25. The zero-order valence-electron chi connectivity index (χ0n) is 22.6. The molecule has 12 heteroatoms. The number of aromatic amines is 1. The molecule has 214 valence electrons.